The maximum atomic E-state index is 12.5. The average molecular weight is 387 g/mol. The Labute approximate surface area is 151 Å². The van der Waals surface area contributed by atoms with Crippen molar-refractivity contribution in [3.63, 3.8) is 0 Å². The summed E-state index contributed by atoms with van der Waals surface area (Å²) >= 11 is 19.6. The Morgan fingerprint density at radius 3 is 2.61 bits per heavy atom. The minimum atomic E-state index is -0.320. The first kappa shape index (κ1) is 16.4. The van der Waals surface area contributed by atoms with Gasteiger partial charge in [0.15, 0.2) is 0 Å². The molecule has 1 amide bonds. The fourth-order valence-corrected chi connectivity index (χ4v) is 3.98. The molecule has 23 heavy (non-hydrogen) atoms. The van der Waals surface area contributed by atoms with Crippen LogP contribution in [0.2, 0.25) is 15.1 Å². The van der Waals surface area contributed by atoms with Crippen LogP contribution in [0, 0.1) is 0 Å². The van der Waals surface area contributed by atoms with Gasteiger partial charge in [-0.05, 0) is 36.4 Å². The molecule has 3 nitrogen and oxygen atoms in total. The van der Waals surface area contributed by atoms with Gasteiger partial charge in [-0.1, -0.05) is 34.8 Å². The van der Waals surface area contributed by atoms with Crippen LogP contribution in [0.25, 0.3) is 10.1 Å². The molecule has 3 aromatic rings. The standard InChI is InChI=1S/C16H10Cl3NO2S/c1-22-9-3-4-10-13(7-9)23-15(14(10)19)16(21)20-12-5-2-8(17)6-11(12)18/h2-7H,1H3,(H,20,21). The van der Waals surface area contributed by atoms with Crippen LogP contribution in [0.1, 0.15) is 9.67 Å². The lowest BCUT2D eigenvalue weighted by molar-refractivity contribution is 0.103. The summed E-state index contributed by atoms with van der Waals surface area (Å²) in [4.78, 5) is 12.9. The van der Waals surface area contributed by atoms with Gasteiger partial charge in [-0.2, -0.15) is 0 Å². The highest BCUT2D eigenvalue weighted by Gasteiger charge is 2.18. The topological polar surface area (TPSA) is 38.3 Å². The number of methoxy groups -OCH3 is 1. The average Bonchev–Trinajstić information content (AvgIpc) is 2.86. The molecular formula is C16H10Cl3NO2S. The van der Waals surface area contributed by atoms with Crippen LogP contribution in [-0.2, 0) is 0 Å². The van der Waals surface area contributed by atoms with Crippen molar-refractivity contribution in [2.24, 2.45) is 0 Å². The van der Waals surface area contributed by atoms with Crippen molar-refractivity contribution in [2.75, 3.05) is 12.4 Å². The molecule has 118 valence electrons. The number of fused-ring (bicyclic) bond motifs is 1. The lowest BCUT2D eigenvalue weighted by Crippen LogP contribution is -2.10. The Morgan fingerprint density at radius 1 is 1.13 bits per heavy atom. The third kappa shape index (κ3) is 3.26. The Kier molecular flexibility index (Phi) is 4.69. The van der Waals surface area contributed by atoms with Gasteiger partial charge in [-0.15, -0.1) is 11.3 Å². The van der Waals surface area contributed by atoms with Gasteiger partial charge in [-0.3, -0.25) is 4.79 Å². The molecule has 0 fully saturated rings. The number of hydrogen-bond acceptors (Lipinski definition) is 3. The van der Waals surface area contributed by atoms with Crippen LogP contribution in [0.15, 0.2) is 36.4 Å². The van der Waals surface area contributed by atoms with Gasteiger partial charge in [0.2, 0.25) is 0 Å². The Bertz CT molecular complexity index is 908. The summed E-state index contributed by atoms with van der Waals surface area (Å²) < 4.78 is 6.06. The predicted molar refractivity (Wildman–Crippen MR) is 97.8 cm³/mol. The van der Waals surface area contributed by atoms with Crippen LogP contribution in [0.3, 0.4) is 0 Å². The molecule has 0 aliphatic heterocycles. The molecule has 1 N–H and O–H groups in total. The second-order valence-electron chi connectivity index (χ2n) is 4.69. The molecule has 1 aromatic heterocycles. The number of carbonyl (C=O) groups excluding carboxylic acids is 1. The first-order valence-electron chi connectivity index (χ1n) is 6.52. The molecule has 3 rings (SSSR count). The first-order valence-corrected chi connectivity index (χ1v) is 8.47. The van der Waals surface area contributed by atoms with E-state index in [-0.39, 0.29) is 5.91 Å². The van der Waals surface area contributed by atoms with Crippen LogP contribution >= 0.6 is 46.1 Å². The zero-order chi connectivity index (χ0) is 16.6. The number of thiophene rings is 1. The number of rotatable bonds is 3. The third-order valence-electron chi connectivity index (χ3n) is 3.22. The number of ether oxygens (including phenoxy) is 1. The molecule has 0 unspecified atom stereocenters. The lowest BCUT2D eigenvalue weighted by atomic mass is 10.2. The summed E-state index contributed by atoms with van der Waals surface area (Å²) in [5.74, 6) is 0.391. The summed E-state index contributed by atoms with van der Waals surface area (Å²) in [7, 11) is 1.59. The van der Waals surface area contributed by atoms with Crippen LogP contribution in [0.4, 0.5) is 5.69 Å². The van der Waals surface area contributed by atoms with E-state index in [0.29, 0.717) is 31.4 Å². The zero-order valence-corrected chi connectivity index (χ0v) is 14.9. The van der Waals surface area contributed by atoms with E-state index in [1.807, 2.05) is 12.1 Å². The maximum absolute atomic E-state index is 12.5. The van der Waals surface area contributed by atoms with E-state index in [1.165, 1.54) is 11.3 Å². The molecule has 0 saturated heterocycles. The van der Waals surface area contributed by atoms with E-state index in [9.17, 15) is 4.79 Å². The normalized spacial score (nSPS) is 10.8. The van der Waals surface area contributed by atoms with Crippen molar-refractivity contribution < 1.29 is 9.53 Å². The first-order chi connectivity index (χ1) is 11.0. The van der Waals surface area contributed by atoms with Gasteiger partial charge >= 0.3 is 0 Å². The van der Waals surface area contributed by atoms with Gasteiger partial charge in [0.25, 0.3) is 5.91 Å². The van der Waals surface area contributed by atoms with Gasteiger partial charge < -0.3 is 10.1 Å². The maximum Gasteiger partial charge on any atom is 0.267 e. The number of halogens is 3. The molecule has 0 spiro atoms. The molecular weight excluding hydrogens is 377 g/mol. The summed E-state index contributed by atoms with van der Waals surface area (Å²) in [6.07, 6.45) is 0. The second-order valence-corrected chi connectivity index (χ2v) is 6.96. The summed E-state index contributed by atoms with van der Waals surface area (Å²) in [6, 6.07) is 10.3. The number of carbonyl (C=O) groups is 1. The van der Waals surface area contributed by atoms with Crippen LogP contribution in [-0.4, -0.2) is 13.0 Å². The van der Waals surface area contributed by atoms with Crippen LogP contribution in [0.5, 0.6) is 5.75 Å². The summed E-state index contributed by atoms with van der Waals surface area (Å²) in [6.45, 7) is 0. The van der Waals surface area contributed by atoms with Crippen molar-refractivity contribution in [3.05, 3.63) is 56.3 Å². The van der Waals surface area contributed by atoms with Crippen LogP contribution < -0.4 is 10.1 Å². The molecule has 2 aromatic carbocycles. The van der Waals surface area contributed by atoms with E-state index < -0.39 is 0 Å². The fraction of sp³-hybridized carbons (Fsp3) is 0.0625. The fourth-order valence-electron chi connectivity index (χ4n) is 2.09. The molecule has 0 bridgehead atoms. The van der Waals surface area contributed by atoms with Crippen molar-refractivity contribution in [2.45, 2.75) is 0 Å². The predicted octanol–water partition coefficient (Wildman–Crippen LogP) is 6.12. The third-order valence-corrected chi connectivity index (χ3v) is 5.43. The summed E-state index contributed by atoms with van der Waals surface area (Å²) in [5.41, 5.74) is 0.479. The number of anilines is 1. The van der Waals surface area contributed by atoms with Gasteiger partial charge in [0.1, 0.15) is 10.6 Å². The van der Waals surface area contributed by atoms with Crippen molar-refractivity contribution in [3.8, 4) is 5.75 Å². The quantitative estimate of drug-likeness (QED) is 0.588. The molecule has 1 heterocycles. The van der Waals surface area contributed by atoms with E-state index in [1.54, 1.807) is 31.4 Å². The minimum absolute atomic E-state index is 0.320. The molecule has 0 atom stereocenters. The van der Waals surface area contributed by atoms with Gasteiger partial charge in [0.05, 0.1) is 22.8 Å². The number of amides is 1. The Hall–Kier alpha value is -1.46. The highest BCUT2D eigenvalue weighted by atomic mass is 35.5. The van der Waals surface area contributed by atoms with Gasteiger partial charge in [-0.25, -0.2) is 0 Å². The summed E-state index contributed by atoms with van der Waals surface area (Å²) in [5, 5.41) is 4.84. The smallest absolute Gasteiger partial charge is 0.267 e. The number of nitrogens with one attached hydrogen (secondary N) is 1. The minimum Gasteiger partial charge on any atom is -0.497 e. The second kappa shape index (κ2) is 6.57. The highest BCUT2D eigenvalue weighted by molar-refractivity contribution is 7.21. The van der Waals surface area contributed by atoms with E-state index in [0.717, 1.165) is 10.1 Å². The van der Waals surface area contributed by atoms with Gasteiger partial charge in [0, 0.05) is 15.1 Å². The zero-order valence-electron chi connectivity index (χ0n) is 11.8. The highest BCUT2D eigenvalue weighted by Crippen LogP contribution is 2.38. The molecule has 0 aliphatic rings. The lowest BCUT2D eigenvalue weighted by Gasteiger charge is -2.06. The largest absolute Gasteiger partial charge is 0.497 e. The van der Waals surface area contributed by atoms with E-state index in [2.05, 4.69) is 5.32 Å². The molecule has 0 aliphatic carbocycles. The Morgan fingerprint density at radius 2 is 1.91 bits per heavy atom. The SMILES string of the molecule is COc1ccc2c(Cl)c(C(=O)Nc3ccc(Cl)cc3Cl)sc2c1. The van der Waals surface area contributed by atoms with Crippen molar-refractivity contribution in [1.82, 2.24) is 0 Å². The molecule has 0 radical (unpaired) electrons. The van der Waals surface area contributed by atoms with E-state index >= 15 is 0 Å². The number of benzene rings is 2. The molecule has 0 saturated carbocycles. The molecule has 7 heteroatoms. The van der Waals surface area contributed by atoms with Crippen molar-refractivity contribution in [1.29, 1.82) is 0 Å². The van der Waals surface area contributed by atoms with E-state index in [4.69, 9.17) is 39.5 Å². The Balaban J connectivity index is 1.95. The van der Waals surface area contributed by atoms with Crippen molar-refractivity contribution >= 4 is 67.8 Å². The number of hydrogen-bond donors (Lipinski definition) is 1. The monoisotopic (exact) mass is 385 g/mol.